The Bertz CT molecular complexity index is 982. The number of rotatable bonds is 56. The summed E-state index contributed by atoms with van der Waals surface area (Å²) >= 11 is 0. The number of hydrogen-bond acceptors (Lipinski definition) is 6. The Morgan fingerprint density at radius 3 is 0.606 bits per heavy atom. The molecule has 66 heavy (non-hydrogen) atoms. The van der Waals surface area contributed by atoms with E-state index in [1.165, 1.54) is 250 Å². The zero-order chi connectivity index (χ0) is 47.9. The van der Waals surface area contributed by atoms with Crippen LogP contribution in [0.4, 0.5) is 0 Å². The van der Waals surface area contributed by atoms with Crippen molar-refractivity contribution in [3.63, 3.8) is 0 Å². The van der Waals surface area contributed by atoms with Crippen molar-refractivity contribution in [3.8, 4) is 0 Å². The summed E-state index contributed by atoms with van der Waals surface area (Å²) in [6, 6.07) is 0. The normalized spacial score (nSPS) is 11.9. The average molecular weight is 934 g/mol. The lowest BCUT2D eigenvalue weighted by Crippen LogP contribution is -2.30. The van der Waals surface area contributed by atoms with Crippen molar-refractivity contribution in [2.75, 3.05) is 13.2 Å². The Balaban J connectivity index is 4.14. The fourth-order valence-corrected chi connectivity index (χ4v) is 9.33. The molecule has 0 bridgehead atoms. The third-order valence-corrected chi connectivity index (χ3v) is 13.9. The molecule has 0 rings (SSSR count). The van der Waals surface area contributed by atoms with Crippen LogP contribution in [0, 0.1) is 0 Å². The maximum absolute atomic E-state index is 12.8. The number of hydrogen-bond donors (Lipinski definition) is 0. The number of ether oxygens (including phenoxy) is 3. The van der Waals surface area contributed by atoms with E-state index >= 15 is 0 Å². The zero-order valence-electron chi connectivity index (χ0n) is 45.0. The maximum Gasteiger partial charge on any atom is 0.306 e. The number of unbranched alkanes of at least 4 members (excludes halogenated alkanes) is 45. The van der Waals surface area contributed by atoms with Gasteiger partial charge in [0, 0.05) is 19.3 Å². The minimum atomic E-state index is -0.760. The Morgan fingerprint density at radius 2 is 0.409 bits per heavy atom. The smallest absolute Gasteiger partial charge is 0.306 e. The molecule has 0 saturated carbocycles. The van der Waals surface area contributed by atoms with Gasteiger partial charge in [-0.25, -0.2) is 0 Å². The molecule has 0 aliphatic heterocycles. The van der Waals surface area contributed by atoms with E-state index in [-0.39, 0.29) is 31.1 Å². The van der Waals surface area contributed by atoms with Crippen LogP contribution in [0.5, 0.6) is 0 Å². The molecule has 0 N–H and O–H groups in total. The van der Waals surface area contributed by atoms with Gasteiger partial charge in [-0.2, -0.15) is 0 Å². The van der Waals surface area contributed by atoms with Crippen molar-refractivity contribution < 1.29 is 28.6 Å². The van der Waals surface area contributed by atoms with Crippen LogP contribution >= 0.6 is 0 Å². The Labute approximate surface area is 412 Å². The molecule has 1 atom stereocenters. The van der Waals surface area contributed by atoms with E-state index in [4.69, 9.17) is 14.2 Å². The monoisotopic (exact) mass is 933 g/mol. The molecule has 6 heteroatoms. The molecule has 0 saturated heterocycles. The van der Waals surface area contributed by atoms with Gasteiger partial charge in [-0.15, -0.1) is 0 Å². The highest BCUT2D eigenvalue weighted by Crippen LogP contribution is 2.18. The van der Waals surface area contributed by atoms with Gasteiger partial charge in [-0.05, 0) is 19.3 Å². The van der Waals surface area contributed by atoms with Crippen molar-refractivity contribution in [3.05, 3.63) is 0 Å². The molecule has 0 amide bonds. The van der Waals surface area contributed by atoms with E-state index in [0.717, 1.165) is 57.8 Å². The lowest BCUT2D eigenvalue weighted by molar-refractivity contribution is -0.167. The van der Waals surface area contributed by atoms with Crippen LogP contribution < -0.4 is 0 Å². The Hall–Kier alpha value is -1.59. The van der Waals surface area contributed by atoms with E-state index in [2.05, 4.69) is 20.8 Å². The van der Waals surface area contributed by atoms with Crippen LogP contribution in [-0.2, 0) is 28.6 Å². The summed E-state index contributed by atoms with van der Waals surface area (Å²) in [5.41, 5.74) is 0. The van der Waals surface area contributed by atoms with Gasteiger partial charge in [0.15, 0.2) is 6.10 Å². The standard InChI is InChI=1S/C60H116O6/c1-4-7-10-13-16-19-21-23-25-27-29-31-33-35-37-39-41-44-47-50-53-59(62)65-56-57(55-64-58(61)52-49-46-43-18-15-12-9-6-3)66-60(63)54-51-48-45-42-40-38-36-34-32-30-28-26-24-22-20-17-14-11-8-5-2/h57H,4-56H2,1-3H3. The molecule has 1 unspecified atom stereocenters. The quantitative estimate of drug-likeness (QED) is 0.0343. The lowest BCUT2D eigenvalue weighted by Gasteiger charge is -2.18. The van der Waals surface area contributed by atoms with Crippen molar-refractivity contribution in [2.24, 2.45) is 0 Å². The van der Waals surface area contributed by atoms with Gasteiger partial charge < -0.3 is 14.2 Å². The van der Waals surface area contributed by atoms with E-state index in [0.29, 0.717) is 19.3 Å². The molecule has 0 aliphatic rings. The molecule has 0 radical (unpaired) electrons. The van der Waals surface area contributed by atoms with Gasteiger partial charge in [-0.3, -0.25) is 14.4 Å². The Kier molecular flexibility index (Phi) is 54.7. The number of carbonyl (C=O) groups is 3. The molecule has 0 aromatic carbocycles. The molecule has 0 fully saturated rings. The van der Waals surface area contributed by atoms with Crippen LogP contribution in [0.15, 0.2) is 0 Å². The van der Waals surface area contributed by atoms with Gasteiger partial charge in [0.25, 0.3) is 0 Å². The SMILES string of the molecule is CCCCCCCCCCCCCCCCCCCCCCC(=O)OCC(COC(=O)CCCCCCCCCC)OC(=O)CCCCCCCCCCCCCCCCCCCCCC. The van der Waals surface area contributed by atoms with E-state index in [1.54, 1.807) is 0 Å². The van der Waals surface area contributed by atoms with Gasteiger partial charge in [-0.1, -0.05) is 310 Å². The van der Waals surface area contributed by atoms with Crippen LogP contribution in [0.3, 0.4) is 0 Å². The van der Waals surface area contributed by atoms with Crippen molar-refractivity contribution in [1.82, 2.24) is 0 Å². The van der Waals surface area contributed by atoms with Gasteiger partial charge in [0.1, 0.15) is 13.2 Å². The molecule has 0 aromatic rings. The minimum Gasteiger partial charge on any atom is -0.462 e. The number of esters is 3. The van der Waals surface area contributed by atoms with Crippen LogP contribution in [0.25, 0.3) is 0 Å². The molecule has 0 heterocycles. The van der Waals surface area contributed by atoms with E-state index in [1.807, 2.05) is 0 Å². The van der Waals surface area contributed by atoms with Gasteiger partial charge in [0.05, 0.1) is 0 Å². The fraction of sp³-hybridized carbons (Fsp3) is 0.950. The van der Waals surface area contributed by atoms with E-state index in [9.17, 15) is 14.4 Å². The molecule has 392 valence electrons. The first-order valence-corrected chi connectivity index (χ1v) is 30.0. The number of carbonyl (C=O) groups excluding carboxylic acids is 3. The second-order valence-corrected chi connectivity index (χ2v) is 20.6. The highest BCUT2D eigenvalue weighted by Gasteiger charge is 2.19. The Morgan fingerprint density at radius 1 is 0.242 bits per heavy atom. The first kappa shape index (κ1) is 64.4. The fourth-order valence-electron chi connectivity index (χ4n) is 9.33. The topological polar surface area (TPSA) is 78.9 Å². The largest absolute Gasteiger partial charge is 0.462 e. The summed E-state index contributed by atoms with van der Waals surface area (Å²) < 4.78 is 16.9. The van der Waals surface area contributed by atoms with Gasteiger partial charge >= 0.3 is 17.9 Å². The first-order valence-electron chi connectivity index (χ1n) is 30.0. The van der Waals surface area contributed by atoms with E-state index < -0.39 is 6.10 Å². The third-order valence-electron chi connectivity index (χ3n) is 13.9. The lowest BCUT2D eigenvalue weighted by atomic mass is 10.0. The molecule has 6 nitrogen and oxygen atoms in total. The summed E-state index contributed by atoms with van der Waals surface area (Å²) in [5, 5.41) is 0. The summed E-state index contributed by atoms with van der Waals surface area (Å²) in [6.45, 7) is 6.68. The summed E-state index contributed by atoms with van der Waals surface area (Å²) in [5.74, 6) is -0.837. The van der Waals surface area contributed by atoms with Crippen LogP contribution in [0.1, 0.15) is 348 Å². The predicted octanol–water partition coefficient (Wildman–Crippen LogP) is 19.9. The average Bonchev–Trinajstić information content (AvgIpc) is 3.31. The predicted molar refractivity (Wildman–Crippen MR) is 284 cm³/mol. The molecule has 0 spiro atoms. The molecular weight excluding hydrogens is 817 g/mol. The second-order valence-electron chi connectivity index (χ2n) is 20.6. The third kappa shape index (κ3) is 53.4. The highest BCUT2D eigenvalue weighted by atomic mass is 16.6. The molecule has 0 aliphatic carbocycles. The van der Waals surface area contributed by atoms with Crippen LogP contribution in [-0.4, -0.2) is 37.2 Å². The van der Waals surface area contributed by atoms with Crippen molar-refractivity contribution in [2.45, 2.75) is 354 Å². The second kappa shape index (κ2) is 56.0. The van der Waals surface area contributed by atoms with Crippen molar-refractivity contribution in [1.29, 1.82) is 0 Å². The molecular formula is C60H116O6. The van der Waals surface area contributed by atoms with Crippen molar-refractivity contribution >= 4 is 17.9 Å². The summed E-state index contributed by atoms with van der Waals surface area (Å²) in [4.78, 5) is 38.0. The maximum atomic E-state index is 12.8. The summed E-state index contributed by atoms with van der Waals surface area (Å²) in [7, 11) is 0. The molecule has 0 aromatic heterocycles. The first-order chi connectivity index (χ1) is 32.5. The zero-order valence-corrected chi connectivity index (χ0v) is 45.0. The minimum absolute atomic E-state index is 0.0614. The highest BCUT2D eigenvalue weighted by molar-refractivity contribution is 5.71. The summed E-state index contributed by atoms with van der Waals surface area (Å²) in [6.07, 6.45) is 62.6. The van der Waals surface area contributed by atoms with Crippen LogP contribution in [0.2, 0.25) is 0 Å². The van der Waals surface area contributed by atoms with Gasteiger partial charge in [0.2, 0.25) is 0 Å².